The molecule has 0 saturated carbocycles. The Bertz CT molecular complexity index is 344. The van der Waals surface area contributed by atoms with Crippen LogP contribution in [-0.4, -0.2) is 16.1 Å². The zero-order chi connectivity index (χ0) is 10.2. The van der Waals surface area contributed by atoms with E-state index in [2.05, 4.69) is 10.2 Å². The summed E-state index contributed by atoms with van der Waals surface area (Å²) in [6.07, 6.45) is 0. The zero-order valence-corrected chi connectivity index (χ0v) is 8.15. The molecule has 0 unspecified atom stereocenters. The van der Waals surface area contributed by atoms with E-state index in [0.717, 1.165) is 0 Å². The molecule has 1 aromatic heterocycles. The maximum Gasteiger partial charge on any atom is 0.248 e. The van der Waals surface area contributed by atoms with Crippen molar-refractivity contribution in [2.24, 2.45) is 5.73 Å². The maximum absolute atomic E-state index is 10.4. The van der Waals surface area contributed by atoms with E-state index >= 15 is 0 Å². The lowest BCUT2D eigenvalue weighted by atomic mass is 10.2. The van der Waals surface area contributed by atoms with E-state index < -0.39 is 0 Å². The van der Waals surface area contributed by atoms with E-state index in [9.17, 15) is 4.79 Å². The Hall–Kier alpha value is -1.75. The number of benzene rings is 1. The molecule has 0 aliphatic heterocycles. The Morgan fingerprint density at radius 2 is 1.71 bits per heavy atom. The van der Waals surface area contributed by atoms with E-state index in [1.54, 1.807) is 35.3 Å². The number of hydrogen-bond acceptors (Lipinski definition) is 4. The van der Waals surface area contributed by atoms with Crippen LogP contribution in [0.4, 0.5) is 0 Å². The van der Waals surface area contributed by atoms with Gasteiger partial charge in [0.05, 0.1) is 0 Å². The SMILES string of the molecule is NC(=O)c1ccccc1.c1nncs1. The van der Waals surface area contributed by atoms with Gasteiger partial charge in [0, 0.05) is 5.56 Å². The number of rotatable bonds is 1. The van der Waals surface area contributed by atoms with Crippen molar-refractivity contribution in [3.05, 3.63) is 46.9 Å². The molecule has 0 saturated heterocycles. The third kappa shape index (κ3) is 3.77. The van der Waals surface area contributed by atoms with Gasteiger partial charge in [0.2, 0.25) is 5.91 Å². The van der Waals surface area contributed by atoms with Crippen molar-refractivity contribution in [1.82, 2.24) is 10.2 Å². The summed E-state index contributed by atoms with van der Waals surface area (Å²) in [5, 5.41) is 6.98. The highest BCUT2D eigenvalue weighted by Gasteiger charge is 1.93. The number of nitrogens with two attached hydrogens (primary N) is 1. The van der Waals surface area contributed by atoms with Crippen molar-refractivity contribution in [1.29, 1.82) is 0 Å². The Morgan fingerprint density at radius 3 is 2.00 bits per heavy atom. The molecule has 2 N–H and O–H groups in total. The minimum Gasteiger partial charge on any atom is -0.366 e. The molecule has 5 heteroatoms. The standard InChI is InChI=1S/C7H7NO.C2H2N2S/c8-7(9)6-4-2-1-3-5-6;1-3-4-2-5-1/h1-5H,(H2,8,9);1-2H. The minimum absolute atomic E-state index is 0.379. The fourth-order valence-electron chi connectivity index (χ4n) is 0.739. The molecule has 0 atom stereocenters. The largest absolute Gasteiger partial charge is 0.366 e. The quantitative estimate of drug-likeness (QED) is 0.766. The number of carbonyl (C=O) groups is 1. The van der Waals surface area contributed by atoms with Crippen LogP contribution in [0.1, 0.15) is 10.4 Å². The second-order valence-electron chi connectivity index (χ2n) is 2.31. The van der Waals surface area contributed by atoms with Crippen molar-refractivity contribution < 1.29 is 4.79 Å². The first-order valence-electron chi connectivity index (χ1n) is 3.84. The normalized spacial score (nSPS) is 8.57. The number of aromatic nitrogens is 2. The van der Waals surface area contributed by atoms with Gasteiger partial charge in [-0.05, 0) is 12.1 Å². The van der Waals surface area contributed by atoms with Crippen LogP contribution in [0.25, 0.3) is 0 Å². The van der Waals surface area contributed by atoms with Crippen LogP contribution in [0, 0.1) is 0 Å². The number of nitrogens with zero attached hydrogens (tertiary/aromatic N) is 2. The van der Waals surface area contributed by atoms with Crippen LogP contribution in [0.3, 0.4) is 0 Å². The average Bonchev–Trinajstić information content (AvgIpc) is 2.77. The van der Waals surface area contributed by atoms with Crippen molar-refractivity contribution in [3.8, 4) is 0 Å². The molecule has 72 valence electrons. The van der Waals surface area contributed by atoms with Gasteiger partial charge in [-0.2, -0.15) is 0 Å². The van der Waals surface area contributed by atoms with Crippen molar-refractivity contribution in [3.63, 3.8) is 0 Å². The molecular formula is C9H9N3OS. The predicted octanol–water partition coefficient (Wildman–Crippen LogP) is 1.32. The molecule has 1 aromatic carbocycles. The highest BCUT2D eigenvalue weighted by atomic mass is 32.1. The summed E-state index contributed by atoms with van der Waals surface area (Å²) >= 11 is 1.49. The summed E-state index contributed by atoms with van der Waals surface area (Å²) in [6.45, 7) is 0. The molecule has 0 aliphatic carbocycles. The van der Waals surface area contributed by atoms with E-state index in [1.807, 2.05) is 6.07 Å². The van der Waals surface area contributed by atoms with Crippen molar-refractivity contribution in [2.75, 3.05) is 0 Å². The lowest BCUT2D eigenvalue weighted by Gasteiger charge is -1.89. The highest BCUT2D eigenvalue weighted by Crippen LogP contribution is 1.94. The lowest BCUT2D eigenvalue weighted by molar-refractivity contribution is 0.100. The number of primary amides is 1. The molecule has 0 fully saturated rings. The molecular weight excluding hydrogens is 198 g/mol. The third-order valence-corrected chi connectivity index (χ3v) is 1.77. The molecule has 0 bridgehead atoms. The van der Waals surface area contributed by atoms with Crippen molar-refractivity contribution in [2.45, 2.75) is 0 Å². The molecule has 4 nitrogen and oxygen atoms in total. The predicted molar refractivity (Wildman–Crippen MR) is 54.9 cm³/mol. The third-order valence-electron chi connectivity index (χ3n) is 1.34. The fourth-order valence-corrected chi connectivity index (χ4v) is 1.01. The maximum atomic E-state index is 10.4. The first kappa shape index (κ1) is 10.3. The highest BCUT2D eigenvalue weighted by molar-refractivity contribution is 7.07. The van der Waals surface area contributed by atoms with Gasteiger partial charge in [-0.25, -0.2) is 0 Å². The van der Waals surface area contributed by atoms with E-state index in [0.29, 0.717) is 5.56 Å². The molecule has 1 amide bonds. The number of carbonyl (C=O) groups excluding carboxylic acids is 1. The minimum atomic E-state index is -0.379. The lowest BCUT2D eigenvalue weighted by Crippen LogP contribution is -2.09. The topological polar surface area (TPSA) is 68.9 Å². The van der Waals surface area contributed by atoms with Gasteiger partial charge in [-0.1, -0.05) is 18.2 Å². The Labute approximate surface area is 85.4 Å². The average molecular weight is 207 g/mol. The molecule has 2 aromatic rings. The first-order chi connectivity index (χ1) is 6.80. The van der Waals surface area contributed by atoms with Gasteiger partial charge in [-0.15, -0.1) is 21.5 Å². The van der Waals surface area contributed by atoms with Gasteiger partial charge in [0.1, 0.15) is 11.0 Å². The smallest absolute Gasteiger partial charge is 0.248 e. The van der Waals surface area contributed by atoms with E-state index in [1.165, 1.54) is 11.3 Å². The van der Waals surface area contributed by atoms with Gasteiger partial charge < -0.3 is 5.73 Å². The van der Waals surface area contributed by atoms with Gasteiger partial charge in [0.25, 0.3) is 0 Å². The molecule has 0 radical (unpaired) electrons. The van der Waals surface area contributed by atoms with Gasteiger partial charge >= 0.3 is 0 Å². The Balaban J connectivity index is 0.000000165. The number of hydrogen-bond donors (Lipinski definition) is 1. The van der Waals surface area contributed by atoms with Crippen LogP contribution < -0.4 is 5.73 Å². The Morgan fingerprint density at radius 1 is 1.14 bits per heavy atom. The molecule has 2 rings (SSSR count). The first-order valence-corrected chi connectivity index (χ1v) is 4.78. The summed E-state index contributed by atoms with van der Waals surface area (Å²) < 4.78 is 0. The summed E-state index contributed by atoms with van der Waals surface area (Å²) in [4.78, 5) is 10.4. The zero-order valence-electron chi connectivity index (χ0n) is 7.33. The van der Waals surface area contributed by atoms with Crippen molar-refractivity contribution >= 4 is 17.2 Å². The van der Waals surface area contributed by atoms with E-state index in [4.69, 9.17) is 5.73 Å². The Kier molecular flexibility index (Phi) is 4.30. The summed E-state index contributed by atoms with van der Waals surface area (Å²) in [5.41, 5.74) is 8.89. The van der Waals surface area contributed by atoms with Gasteiger partial charge in [0.15, 0.2) is 0 Å². The second-order valence-corrected chi connectivity index (χ2v) is 3.00. The molecule has 0 aliphatic rings. The summed E-state index contributed by atoms with van der Waals surface area (Å²) in [7, 11) is 0. The molecule has 0 spiro atoms. The molecule has 14 heavy (non-hydrogen) atoms. The number of amides is 1. The fraction of sp³-hybridized carbons (Fsp3) is 0. The van der Waals surface area contributed by atoms with Crippen LogP contribution in [0.5, 0.6) is 0 Å². The van der Waals surface area contributed by atoms with Crippen LogP contribution >= 0.6 is 11.3 Å². The summed E-state index contributed by atoms with van der Waals surface area (Å²) in [6, 6.07) is 8.76. The van der Waals surface area contributed by atoms with Crippen LogP contribution in [0.15, 0.2) is 41.4 Å². The monoisotopic (exact) mass is 207 g/mol. The summed E-state index contributed by atoms with van der Waals surface area (Å²) in [5.74, 6) is -0.379. The van der Waals surface area contributed by atoms with Crippen LogP contribution in [0.2, 0.25) is 0 Å². The second kappa shape index (κ2) is 5.82. The molecule has 1 heterocycles. The van der Waals surface area contributed by atoms with Crippen LogP contribution in [-0.2, 0) is 0 Å². The van der Waals surface area contributed by atoms with Gasteiger partial charge in [-0.3, -0.25) is 4.79 Å². The van der Waals surface area contributed by atoms with E-state index in [-0.39, 0.29) is 5.91 Å².